The van der Waals surface area contributed by atoms with Gasteiger partial charge in [-0.2, -0.15) is 13.2 Å². The summed E-state index contributed by atoms with van der Waals surface area (Å²) in [6.07, 6.45) is -4.01. The third-order valence-corrected chi connectivity index (χ3v) is 4.20. The summed E-state index contributed by atoms with van der Waals surface area (Å²) in [5.74, 6) is -1.30. The number of nitrogens with zero attached hydrogens (tertiary/aromatic N) is 1. The van der Waals surface area contributed by atoms with Gasteiger partial charge < -0.3 is 9.88 Å². The first-order valence-corrected chi connectivity index (χ1v) is 8.52. The van der Waals surface area contributed by atoms with E-state index < -0.39 is 29.0 Å². The van der Waals surface area contributed by atoms with Crippen molar-refractivity contribution >= 4 is 22.4 Å². The highest BCUT2D eigenvalue weighted by atomic mass is 19.4. The summed E-state index contributed by atoms with van der Waals surface area (Å²) in [5.41, 5.74) is -1.49. The molecule has 0 atom stereocenters. The summed E-state index contributed by atoms with van der Waals surface area (Å²) >= 11 is 0. The molecule has 0 aliphatic rings. The van der Waals surface area contributed by atoms with Crippen LogP contribution in [-0.4, -0.2) is 10.5 Å². The van der Waals surface area contributed by atoms with Gasteiger partial charge in [-0.25, -0.2) is 4.39 Å². The van der Waals surface area contributed by atoms with Crippen LogP contribution >= 0.6 is 0 Å². The molecule has 3 rings (SSSR count). The van der Waals surface area contributed by atoms with Gasteiger partial charge in [0.15, 0.2) is 0 Å². The van der Waals surface area contributed by atoms with E-state index in [0.29, 0.717) is 11.8 Å². The van der Waals surface area contributed by atoms with E-state index in [-0.39, 0.29) is 23.3 Å². The SMILES string of the molecule is CCCn1c(C(=O)Nc2cccc(C(F)(F)F)c2)cc2ccc(F)cc2c1=O. The van der Waals surface area contributed by atoms with E-state index in [1.807, 2.05) is 0 Å². The highest BCUT2D eigenvalue weighted by molar-refractivity contribution is 6.05. The van der Waals surface area contributed by atoms with Crippen molar-refractivity contribution < 1.29 is 22.4 Å². The number of benzene rings is 2. The summed E-state index contributed by atoms with van der Waals surface area (Å²) in [4.78, 5) is 25.4. The van der Waals surface area contributed by atoms with Gasteiger partial charge in [-0.15, -0.1) is 0 Å². The maximum Gasteiger partial charge on any atom is 0.416 e. The molecule has 3 aromatic rings. The maximum absolute atomic E-state index is 13.5. The molecule has 0 radical (unpaired) electrons. The van der Waals surface area contributed by atoms with E-state index in [2.05, 4.69) is 5.32 Å². The third kappa shape index (κ3) is 3.90. The summed E-state index contributed by atoms with van der Waals surface area (Å²) in [6.45, 7) is 2.01. The summed E-state index contributed by atoms with van der Waals surface area (Å²) in [7, 11) is 0. The Balaban J connectivity index is 2.05. The number of aromatic nitrogens is 1. The molecule has 0 saturated carbocycles. The smallest absolute Gasteiger partial charge is 0.321 e. The van der Waals surface area contributed by atoms with Crippen LogP contribution in [-0.2, 0) is 12.7 Å². The van der Waals surface area contributed by atoms with Crippen molar-refractivity contribution in [2.75, 3.05) is 5.32 Å². The highest BCUT2D eigenvalue weighted by Crippen LogP contribution is 2.30. The zero-order chi connectivity index (χ0) is 20.5. The number of carbonyl (C=O) groups is 1. The molecule has 0 unspecified atom stereocenters. The number of pyridine rings is 1. The number of hydrogen-bond donors (Lipinski definition) is 1. The summed E-state index contributed by atoms with van der Waals surface area (Å²) in [6, 6.07) is 9.29. The van der Waals surface area contributed by atoms with Crippen LogP contribution < -0.4 is 10.9 Å². The molecule has 1 aromatic heterocycles. The Labute approximate surface area is 157 Å². The van der Waals surface area contributed by atoms with Crippen LogP contribution in [0.2, 0.25) is 0 Å². The second-order valence-electron chi connectivity index (χ2n) is 6.25. The first kappa shape index (κ1) is 19.6. The minimum absolute atomic E-state index is 0.0108. The molecule has 1 N–H and O–H groups in total. The molecule has 28 heavy (non-hydrogen) atoms. The second-order valence-corrected chi connectivity index (χ2v) is 6.25. The molecular formula is C20H16F4N2O2. The number of anilines is 1. The molecule has 146 valence electrons. The molecule has 1 heterocycles. The zero-order valence-corrected chi connectivity index (χ0v) is 14.8. The predicted octanol–water partition coefficient (Wildman–Crippen LogP) is 4.82. The number of hydrogen-bond acceptors (Lipinski definition) is 2. The normalized spacial score (nSPS) is 11.6. The van der Waals surface area contributed by atoms with E-state index in [1.54, 1.807) is 6.92 Å². The first-order valence-electron chi connectivity index (χ1n) is 8.52. The molecule has 0 spiro atoms. The van der Waals surface area contributed by atoms with Gasteiger partial charge in [-0.05, 0) is 48.2 Å². The van der Waals surface area contributed by atoms with Crippen molar-refractivity contribution in [3.8, 4) is 0 Å². The highest BCUT2D eigenvalue weighted by Gasteiger charge is 2.30. The zero-order valence-electron chi connectivity index (χ0n) is 14.8. The Hall–Kier alpha value is -3.16. The third-order valence-electron chi connectivity index (χ3n) is 4.20. The van der Waals surface area contributed by atoms with Crippen molar-refractivity contribution in [1.29, 1.82) is 0 Å². The van der Waals surface area contributed by atoms with E-state index in [9.17, 15) is 27.2 Å². The molecule has 0 saturated heterocycles. The average Bonchev–Trinajstić information content (AvgIpc) is 2.64. The molecule has 0 fully saturated rings. The minimum atomic E-state index is -4.54. The number of rotatable bonds is 4. The fourth-order valence-electron chi connectivity index (χ4n) is 2.92. The molecule has 1 amide bonds. The topological polar surface area (TPSA) is 51.1 Å². The Morgan fingerprint density at radius 2 is 1.86 bits per heavy atom. The number of alkyl halides is 3. The van der Waals surface area contributed by atoms with Gasteiger partial charge in [-0.1, -0.05) is 19.1 Å². The molecule has 0 bridgehead atoms. The molecule has 0 aliphatic heterocycles. The largest absolute Gasteiger partial charge is 0.416 e. The van der Waals surface area contributed by atoms with Crippen molar-refractivity contribution in [3.05, 3.63) is 76.0 Å². The monoisotopic (exact) mass is 392 g/mol. The molecule has 8 heteroatoms. The van der Waals surface area contributed by atoms with Crippen LogP contribution in [0.4, 0.5) is 23.2 Å². The lowest BCUT2D eigenvalue weighted by molar-refractivity contribution is -0.137. The predicted molar refractivity (Wildman–Crippen MR) is 97.9 cm³/mol. The standard InChI is InChI=1S/C20H16F4N2O2/c1-2-8-26-17(9-12-6-7-14(21)11-16(12)19(26)28)18(27)25-15-5-3-4-13(10-15)20(22,23)24/h3-7,9-11H,2,8H2,1H3,(H,25,27). The van der Waals surface area contributed by atoms with Gasteiger partial charge in [-0.3, -0.25) is 9.59 Å². The fourth-order valence-corrected chi connectivity index (χ4v) is 2.92. The lowest BCUT2D eigenvalue weighted by Crippen LogP contribution is -2.29. The van der Waals surface area contributed by atoms with Crippen LogP contribution in [0, 0.1) is 5.82 Å². The quantitative estimate of drug-likeness (QED) is 0.647. The van der Waals surface area contributed by atoms with Crippen LogP contribution in [0.25, 0.3) is 10.8 Å². The van der Waals surface area contributed by atoms with Gasteiger partial charge in [0.25, 0.3) is 11.5 Å². The van der Waals surface area contributed by atoms with Crippen molar-refractivity contribution in [2.24, 2.45) is 0 Å². The van der Waals surface area contributed by atoms with E-state index >= 15 is 0 Å². The average molecular weight is 392 g/mol. The number of nitrogens with one attached hydrogen (secondary N) is 1. The van der Waals surface area contributed by atoms with E-state index in [1.165, 1.54) is 34.9 Å². The maximum atomic E-state index is 13.5. The number of amides is 1. The van der Waals surface area contributed by atoms with Crippen LogP contribution in [0.1, 0.15) is 29.4 Å². The lowest BCUT2D eigenvalue weighted by Gasteiger charge is -2.15. The van der Waals surface area contributed by atoms with E-state index in [0.717, 1.165) is 18.2 Å². The van der Waals surface area contributed by atoms with Gasteiger partial charge in [0, 0.05) is 12.2 Å². The summed E-state index contributed by atoms with van der Waals surface area (Å²) in [5, 5.41) is 2.90. The van der Waals surface area contributed by atoms with Crippen molar-refractivity contribution in [3.63, 3.8) is 0 Å². The van der Waals surface area contributed by atoms with Crippen LogP contribution in [0.3, 0.4) is 0 Å². The first-order chi connectivity index (χ1) is 13.2. The van der Waals surface area contributed by atoms with Gasteiger partial charge >= 0.3 is 6.18 Å². The fraction of sp³-hybridized carbons (Fsp3) is 0.200. The van der Waals surface area contributed by atoms with Gasteiger partial charge in [0.05, 0.1) is 10.9 Å². The Morgan fingerprint density at radius 3 is 2.54 bits per heavy atom. The molecule has 0 aliphatic carbocycles. The van der Waals surface area contributed by atoms with Gasteiger partial charge in [0.1, 0.15) is 11.5 Å². The van der Waals surface area contributed by atoms with Crippen LogP contribution in [0.5, 0.6) is 0 Å². The Kier molecular flexibility index (Phi) is 5.22. The Morgan fingerprint density at radius 1 is 1.11 bits per heavy atom. The van der Waals surface area contributed by atoms with E-state index in [4.69, 9.17) is 0 Å². The molecule has 4 nitrogen and oxygen atoms in total. The Bertz CT molecular complexity index is 1100. The van der Waals surface area contributed by atoms with Crippen LogP contribution in [0.15, 0.2) is 53.3 Å². The van der Waals surface area contributed by atoms with Gasteiger partial charge in [0.2, 0.25) is 0 Å². The number of carbonyl (C=O) groups excluding carboxylic acids is 1. The second kappa shape index (κ2) is 7.46. The lowest BCUT2D eigenvalue weighted by atomic mass is 10.1. The molecular weight excluding hydrogens is 376 g/mol. The molecule has 2 aromatic carbocycles. The van der Waals surface area contributed by atoms with Crippen molar-refractivity contribution in [1.82, 2.24) is 4.57 Å². The minimum Gasteiger partial charge on any atom is -0.321 e. The summed E-state index contributed by atoms with van der Waals surface area (Å²) < 4.78 is 53.3. The number of halogens is 4. The number of fused-ring (bicyclic) bond motifs is 1. The van der Waals surface area contributed by atoms with Crippen molar-refractivity contribution in [2.45, 2.75) is 26.1 Å².